The molecule has 3 atom stereocenters. The Labute approximate surface area is 120 Å². The van der Waals surface area contributed by atoms with Crippen LogP contribution in [0.2, 0.25) is 0 Å². The van der Waals surface area contributed by atoms with Crippen LogP contribution in [0.15, 0.2) is 0 Å². The predicted octanol–water partition coefficient (Wildman–Crippen LogP) is 2.23. The number of aliphatic carboxylic acids is 1. The van der Waals surface area contributed by atoms with Gasteiger partial charge in [0.25, 0.3) is 0 Å². The molecule has 1 fully saturated rings. The van der Waals surface area contributed by atoms with E-state index >= 15 is 0 Å². The van der Waals surface area contributed by atoms with Crippen LogP contribution in [0.1, 0.15) is 43.8 Å². The van der Waals surface area contributed by atoms with E-state index < -0.39 is 5.97 Å². The van der Waals surface area contributed by atoms with E-state index in [0.29, 0.717) is 6.54 Å². The van der Waals surface area contributed by atoms with Crippen LogP contribution in [0.25, 0.3) is 0 Å². The molecule has 0 bridgehead atoms. The molecule has 3 unspecified atom stereocenters. The third kappa shape index (κ3) is 2.46. The van der Waals surface area contributed by atoms with Crippen molar-refractivity contribution in [3.63, 3.8) is 0 Å². The zero-order valence-electron chi connectivity index (χ0n) is 13.1. The Morgan fingerprint density at radius 2 is 2.10 bits per heavy atom. The van der Waals surface area contributed by atoms with E-state index in [1.165, 1.54) is 11.3 Å². The number of carboxylic acid groups (broad SMARTS) is 1. The quantitative estimate of drug-likeness (QED) is 0.918. The minimum absolute atomic E-state index is 0.205. The highest BCUT2D eigenvalue weighted by molar-refractivity contribution is 5.71. The van der Waals surface area contributed by atoms with E-state index in [0.717, 1.165) is 18.8 Å². The molecule has 1 aliphatic heterocycles. The fourth-order valence-electron chi connectivity index (χ4n) is 3.45. The van der Waals surface area contributed by atoms with Crippen LogP contribution in [0.5, 0.6) is 0 Å². The molecule has 5 heteroatoms. The molecule has 2 rings (SSSR count). The average molecular weight is 279 g/mol. The highest BCUT2D eigenvalue weighted by atomic mass is 16.4. The smallest absolute Gasteiger partial charge is 0.308 e. The number of aryl methyl sites for hydroxylation is 2. The van der Waals surface area contributed by atoms with Crippen molar-refractivity contribution in [3.05, 3.63) is 17.0 Å². The summed E-state index contributed by atoms with van der Waals surface area (Å²) in [4.78, 5) is 13.5. The molecular weight excluding hydrogens is 254 g/mol. The summed E-state index contributed by atoms with van der Waals surface area (Å²) >= 11 is 0. The van der Waals surface area contributed by atoms with Crippen molar-refractivity contribution < 1.29 is 9.90 Å². The van der Waals surface area contributed by atoms with E-state index in [2.05, 4.69) is 30.8 Å². The minimum atomic E-state index is -0.676. The molecule has 0 amide bonds. The number of likely N-dealkylation sites (tertiary alicyclic amines) is 1. The number of carbonyl (C=O) groups is 1. The van der Waals surface area contributed by atoms with Gasteiger partial charge in [0, 0.05) is 36.9 Å². The predicted molar refractivity (Wildman–Crippen MR) is 77.7 cm³/mol. The Bertz CT molecular complexity index is 509. The van der Waals surface area contributed by atoms with Gasteiger partial charge in [-0.25, -0.2) is 0 Å². The summed E-state index contributed by atoms with van der Waals surface area (Å²) in [6, 6.07) is 0.224. The molecule has 112 valence electrons. The number of hydrogen-bond acceptors (Lipinski definition) is 3. The molecule has 1 aromatic rings. The van der Waals surface area contributed by atoms with Gasteiger partial charge in [-0.1, -0.05) is 6.92 Å². The van der Waals surface area contributed by atoms with Crippen LogP contribution in [-0.4, -0.2) is 38.8 Å². The van der Waals surface area contributed by atoms with Crippen LogP contribution in [0.3, 0.4) is 0 Å². The maximum atomic E-state index is 11.3. The lowest BCUT2D eigenvalue weighted by Crippen LogP contribution is -2.27. The third-order valence-corrected chi connectivity index (χ3v) is 4.66. The first-order chi connectivity index (χ1) is 9.36. The van der Waals surface area contributed by atoms with Crippen molar-refractivity contribution in [2.75, 3.05) is 13.1 Å². The van der Waals surface area contributed by atoms with Crippen molar-refractivity contribution in [2.45, 2.75) is 47.2 Å². The Morgan fingerprint density at radius 3 is 2.55 bits per heavy atom. The molecule has 20 heavy (non-hydrogen) atoms. The normalized spacial score (nSPS) is 25.1. The van der Waals surface area contributed by atoms with Crippen LogP contribution < -0.4 is 0 Å². The van der Waals surface area contributed by atoms with Crippen LogP contribution >= 0.6 is 0 Å². The molecule has 2 heterocycles. The topological polar surface area (TPSA) is 58.4 Å². The van der Waals surface area contributed by atoms with Crippen molar-refractivity contribution in [1.29, 1.82) is 0 Å². The number of aromatic nitrogens is 2. The molecule has 0 aromatic carbocycles. The van der Waals surface area contributed by atoms with E-state index in [4.69, 9.17) is 0 Å². The highest BCUT2D eigenvalue weighted by Crippen LogP contribution is 2.33. The Hall–Kier alpha value is -1.36. The van der Waals surface area contributed by atoms with Crippen LogP contribution in [-0.2, 0) is 11.3 Å². The first kappa shape index (κ1) is 15.0. The highest BCUT2D eigenvalue weighted by Gasteiger charge is 2.37. The third-order valence-electron chi connectivity index (χ3n) is 4.66. The monoisotopic (exact) mass is 279 g/mol. The lowest BCUT2D eigenvalue weighted by Gasteiger charge is -2.25. The molecule has 0 spiro atoms. The van der Waals surface area contributed by atoms with Gasteiger partial charge >= 0.3 is 5.97 Å². The van der Waals surface area contributed by atoms with Crippen molar-refractivity contribution in [3.8, 4) is 0 Å². The van der Waals surface area contributed by atoms with Gasteiger partial charge in [-0.2, -0.15) is 5.10 Å². The fourth-order valence-corrected chi connectivity index (χ4v) is 3.45. The largest absolute Gasteiger partial charge is 0.481 e. The van der Waals surface area contributed by atoms with Gasteiger partial charge in [0.2, 0.25) is 0 Å². The molecule has 1 saturated heterocycles. The molecular formula is C15H25N3O2. The summed E-state index contributed by atoms with van der Waals surface area (Å²) in [7, 11) is 0. The van der Waals surface area contributed by atoms with Crippen molar-refractivity contribution in [2.24, 2.45) is 11.8 Å². The van der Waals surface area contributed by atoms with Gasteiger partial charge in [-0.3, -0.25) is 14.4 Å². The Balaban J connectivity index is 2.23. The maximum Gasteiger partial charge on any atom is 0.308 e. The van der Waals surface area contributed by atoms with E-state index in [-0.39, 0.29) is 17.9 Å². The van der Waals surface area contributed by atoms with Gasteiger partial charge in [-0.05, 0) is 33.6 Å². The van der Waals surface area contributed by atoms with Gasteiger partial charge in [0.05, 0.1) is 11.6 Å². The van der Waals surface area contributed by atoms with Crippen LogP contribution in [0.4, 0.5) is 0 Å². The summed E-state index contributed by atoms with van der Waals surface area (Å²) < 4.78 is 2.02. The van der Waals surface area contributed by atoms with Crippen LogP contribution in [0, 0.1) is 25.7 Å². The lowest BCUT2D eigenvalue weighted by molar-refractivity contribution is -0.142. The zero-order chi connectivity index (χ0) is 15.0. The second kappa shape index (κ2) is 5.56. The van der Waals surface area contributed by atoms with Gasteiger partial charge in [-0.15, -0.1) is 0 Å². The van der Waals surface area contributed by atoms with Crippen molar-refractivity contribution >= 4 is 5.97 Å². The molecule has 1 aromatic heterocycles. The second-order valence-corrected chi connectivity index (χ2v) is 5.95. The summed E-state index contributed by atoms with van der Waals surface area (Å²) in [5.41, 5.74) is 3.51. The maximum absolute atomic E-state index is 11.3. The number of hydrogen-bond donors (Lipinski definition) is 1. The minimum Gasteiger partial charge on any atom is -0.481 e. The summed E-state index contributed by atoms with van der Waals surface area (Å²) in [6.45, 7) is 12.8. The molecule has 0 saturated carbocycles. The first-order valence-corrected chi connectivity index (χ1v) is 7.37. The van der Waals surface area contributed by atoms with E-state index in [1.54, 1.807) is 0 Å². The van der Waals surface area contributed by atoms with Crippen molar-refractivity contribution in [1.82, 2.24) is 14.7 Å². The Kier molecular flexibility index (Phi) is 4.18. The lowest BCUT2D eigenvalue weighted by atomic mass is 9.99. The van der Waals surface area contributed by atoms with E-state index in [9.17, 15) is 9.90 Å². The number of nitrogens with zero attached hydrogens (tertiary/aromatic N) is 3. The van der Waals surface area contributed by atoms with Gasteiger partial charge < -0.3 is 5.11 Å². The number of rotatable bonds is 4. The number of carboxylic acids is 1. The SMILES string of the molecule is CCn1nc(C)c(C(C)N2CC(C)C(C(=O)O)C2)c1C. The summed E-state index contributed by atoms with van der Waals surface area (Å²) in [5.74, 6) is -0.721. The fraction of sp³-hybridized carbons (Fsp3) is 0.733. The Morgan fingerprint density at radius 1 is 1.45 bits per heavy atom. The van der Waals surface area contributed by atoms with Gasteiger partial charge in [0.15, 0.2) is 0 Å². The average Bonchev–Trinajstić information content (AvgIpc) is 2.89. The summed E-state index contributed by atoms with van der Waals surface area (Å²) in [5, 5.41) is 13.8. The molecule has 1 aliphatic rings. The van der Waals surface area contributed by atoms with E-state index in [1.807, 2.05) is 18.5 Å². The standard InChI is InChI=1S/C15H25N3O2/c1-6-18-12(5)14(10(3)16-18)11(4)17-7-9(2)13(8-17)15(19)20/h9,11,13H,6-8H2,1-5H3,(H,19,20). The second-order valence-electron chi connectivity index (χ2n) is 5.95. The molecule has 0 radical (unpaired) electrons. The zero-order valence-corrected chi connectivity index (χ0v) is 13.1. The first-order valence-electron chi connectivity index (χ1n) is 7.37. The molecule has 1 N–H and O–H groups in total. The molecule has 0 aliphatic carbocycles. The summed E-state index contributed by atoms with van der Waals surface area (Å²) in [6.07, 6.45) is 0. The molecule has 5 nitrogen and oxygen atoms in total. The van der Waals surface area contributed by atoms with Gasteiger partial charge in [0.1, 0.15) is 0 Å².